The van der Waals surface area contributed by atoms with Crippen LogP contribution in [0.5, 0.6) is 5.75 Å². The number of nitrogens with zero attached hydrogens (tertiary/aromatic N) is 6. The molecule has 8 heteroatoms. The molecule has 0 unspecified atom stereocenters. The third-order valence-corrected chi connectivity index (χ3v) is 6.09. The Balaban J connectivity index is 1.60. The predicted molar refractivity (Wildman–Crippen MR) is 124 cm³/mol. The second kappa shape index (κ2) is 8.00. The van der Waals surface area contributed by atoms with Gasteiger partial charge in [0.05, 0.1) is 36.6 Å². The van der Waals surface area contributed by atoms with Gasteiger partial charge in [0.15, 0.2) is 0 Å². The van der Waals surface area contributed by atoms with E-state index >= 15 is 0 Å². The summed E-state index contributed by atoms with van der Waals surface area (Å²) >= 11 is 0. The molecule has 0 atom stereocenters. The molecule has 156 valence electrons. The maximum atomic E-state index is 9.46. The summed E-state index contributed by atoms with van der Waals surface area (Å²) in [6.07, 6.45) is 11.5. The van der Waals surface area contributed by atoms with Gasteiger partial charge in [-0.05, 0) is 43.6 Å². The summed E-state index contributed by atoms with van der Waals surface area (Å²) in [5.41, 5.74) is 3.08. The Morgan fingerprint density at radius 2 is 2.03 bits per heavy atom. The Bertz CT molecular complexity index is 1210. The van der Waals surface area contributed by atoms with E-state index in [9.17, 15) is 5.26 Å². The number of nitriles is 1. The second-order valence-corrected chi connectivity index (χ2v) is 11.1. The van der Waals surface area contributed by atoms with Crippen LogP contribution in [0, 0.1) is 11.3 Å². The summed E-state index contributed by atoms with van der Waals surface area (Å²) in [6.45, 7) is 1.89. The molecule has 4 heterocycles. The van der Waals surface area contributed by atoms with Gasteiger partial charge in [0.25, 0.3) is 0 Å². The summed E-state index contributed by atoms with van der Waals surface area (Å²) in [5.74, 6) is 5.82. The number of ether oxygens (including phenoxy) is 1. The summed E-state index contributed by atoms with van der Waals surface area (Å²) < 4.78 is 12.0. The van der Waals surface area contributed by atoms with E-state index in [2.05, 4.69) is 34.4 Å². The first-order chi connectivity index (χ1) is 14.4. The van der Waals surface area contributed by atoms with Crippen molar-refractivity contribution in [3.05, 3.63) is 42.4 Å². The molecule has 1 saturated heterocycles. The van der Waals surface area contributed by atoms with Crippen LogP contribution in [0.15, 0.2) is 41.2 Å². The second-order valence-electron chi connectivity index (χ2n) is 7.97. The van der Waals surface area contributed by atoms with Gasteiger partial charge in [-0.15, -0.1) is 9.41 Å². The van der Waals surface area contributed by atoms with E-state index in [-0.39, 0.29) is 0 Å². The standard InChI is InChI=1S/C22H26N6OS/c1-29-19-11-20(22-17(12-23)14-25-28(22)15-19)16-5-6-21(24-13-16)27-9-7-18(8-10-27)26-30(2,3)4/h5-6,11,13-15,18H,2,7-10H2,1,3-4H3. The fourth-order valence-corrected chi connectivity index (χ4v) is 4.86. The van der Waals surface area contributed by atoms with Gasteiger partial charge in [0, 0.05) is 30.4 Å². The molecule has 0 bridgehead atoms. The van der Waals surface area contributed by atoms with Crippen LogP contribution in [0.2, 0.25) is 0 Å². The molecule has 0 aliphatic carbocycles. The zero-order valence-electron chi connectivity index (χ0n) is 17.6. The van der Waals surface area contributed by atoms with Crippen LogP contribution in [0.3, 0.4) is 0 Å². The number of rotatable bonds is 4. The highest BCUT2D eigenvalue weighted by Gasteiger charge is 2.20. The molecule has 0 amide bonds. The van der Waals surface area contributed by atoms with Crippen LogP contribution in [-0.4, -0.2) is 59.2 Å². The summed E-state index contributed by atoms with van der Waals surface area (Å²) in [6, 6.07) is 8.63. The molecule has 1 fully saturated rings. The van der Waals surface area contributed by atoms with E-state index in [0.717, 1.165) is 48.4 Å². The quantitative estimate of drug-likeness (QED) is 0.603. The van der Waals surface area contributed by atoms with E-state index < -0.39 is 9.41 Å². The van der Waals surface area contributed by atoms with Crippen molar-refractivity contribution in [3.8, 4) is 22.9 Å². The lowest BCUT2D eigenvalue weighted by Crippen LogP contribution is -2.36. The highest BCUT2D eigenvalue weighted by Crippen LogP contribution is 2.31. The minimum Gasteiger partial charge on any atom is -0.495 e. The van der Waals surface area contributed by atoms with Crippen molar-refractivity contribution < 1.29 is 4.74 Å². The summed E-state index contributed by atoms with van der Waals surface area (Å²) in [5, 5.41) is 13.7. The van der Waals surface area contributed by atoms with Gasteiger partial charge < -0.3 is 9.64 Å². The topological polar surface area (TPSA) is 78.8 Å². The van der Waals surface area contributed by atoms with Crippen molar-refractivity contribution in [2.45, 2.75) is 18.9 Å². The number of anilines is 1. The average molecular weight is 423 g/mol. The van der Waals surface area contributed by atoms with E-state index in [1.54, 1.807) is 24.0 Å². The Morgan fingerprint density at radius 3 is 2.63 bits per heavy atom. The minimum atomic E-state index is -1.07. The molecule has 1 aliphatic rings. The van der Waals surface area contributed by atoms with Crippen LogP contribution in [0.1, 0.15) is 18.4 Å². The number of fused-ring (bicyclic) bond motifs is 1. The van der Waals surface area contributed by atoms with E-state index in [1.165, 1.54) is 0 Å². The number of aromatic nitrogens is 3. The molecular weight excluding hydrogens is 396 g/mol. The highest BCUT2D eigenvalue weighted by atomic mass is 32.2. The molecule has 0 aromatic carbocycles. The summed E-state index contributed by atoms with van der Waals surface area (Å²) in [7, 11) is 0.553. The van der Waals surface area contributed by atoms with E-state index in [0.29, 0.717) is 17.4 Å². The molecule has 3 aromatic rings. The zero-order valence-corrected chi connectivity index (χ0v) is 18.4. The third kappa shape index (κ3) is 4.12. The SMILES string of the molecule is C=S(C)(C)=NC1CCN(c2ccc(-c3cc(OC)cn4ncc(C#N)c34)cn2)CC1. The van der Waals surface area contributed by atoms with E-state index in [1.807, 2.05) is 24.4 Å². The molecule has 30 heavy (non-hydrogen) atoms. The van der Waals surface area contributed by atoms with Crippen molar-refractivity contribution >= 4 is 26.6 Å². The zero-order chi connectivity index (χ0) is 21.3. The molecule has 0 radical (unpaired) electrons. The van der Waals surface area contributed by atoms with Crippen molar-refractivity contribution in [1.29, 1.82) is 5.26 Å². The third-order valence-electron chi connectivity index (χ3n) is 5.22. The Morgan fingerprint density at radius 1 is 1.27 bits per heavy atom. The normalized spacial score (nSPS) is 15.2. The fraction of sp³-hybridized carbons (Fsp3) is 0.364. The lowest BCUT2D eigenvalue weighted by atomic mass is 10.0. The van der Waals surface area contributed by atoms with Crippen LogP contribution in [-0.2, 0) is 9.41 Å². The maximum Gasteiger partial charge on any atom is 0.137 e. The molecule has 0 spiro atoms. The first kappa shape index (κ1) is 20.2. The van der Waals surface area contributed by atoms with Gasteiger partial charge in [0.1, 0.15) is 17.6 Å². The van der Waals surface area contributed by atoms with Crippen molar-refractivity contribution in [2.75, 3.05) is 37.6 Å². The van der Waals surface area contributed by atoms with Crippen LogP contribution in [0.4, 0.5) is 5.82 Å². The van der Waals surface area contributed by atoms with Crippen LogP contribution in [0.25, 0.3) is 16.6 Å². The fourth-order valence-electron chi connectivity index (χ4n) is 3.85. The number of piperidine rings is 1. The van der Waals surface area contributed by atoms with Crippen molar-refractivity contribution in [1.82, 2.24) is 14.6 Å². The Labute approximate surface area is 177 Å². The summed E-state index contributed by atoms with van der Waals surface area (Å²) in [4.78, 5) is 7.02. The largest absolute Gasteiger partial charge is 0.495 e. The van der Waals surface area contributed by atoms with Gasteiger partial charge in [0.2, 0.25) is 0 Å². The first-order valence-electron chi connectivity index (χ1n) is 9.83. The van der Waals surface area contributed by atoms with Gasteiger partial charge in [-0.3, -0.25) is 4.36 Å². The molecule has 7 nitrogen and oxygen atoms in total. The number of pyridine rings is 2. The first-order valence-corrected chi connectivity index (χ1v) is 12.4. The maximum absolute atomic E-state index is 9.46. The minimum absolute atomic E-state index is 0.402. The Kier molecular flexibility index (Phi) is 5.39. The molecule has 0 saturated carbocycles. The van der Waals surface area contributed by atoms with Crippen LogP contribution >= 0.6 is 0 Å². The molecule has 1 aliphatic heterocycles. The average Bonchev–Trinajstić information content (AvgIpc) is 3.16. The lowest BCUT2D eigenvalue weighted by Gasteiger charge is -2.31. The van der Waals surface area contributed by atoms with Crippen molar-refractivity contribution in [2.24, 2.45) is 4.36 Å². The van der Waals surface area contributed by atoms with Crippen molar-refractivity contribution in [3.63, 3.8) is 0 Å². The molecular formula is C22H26N6OS. The van der Waals surface area contributed by atoms with Gasteiger partial charge in [-0.1, -0.05) is 5.87 Å². The monoisotopic (exact) mass is 422 g/mol. The molecule has 0 N–H and O–H groups in total. The number of hydrogen-bond acceptors (Lipinski definition) is 6. The lowest BCUT2D eigenvalue weighted by molar-refractivity contribution is 0.412. The number of hydrogen-bond donors (Lipinski definition) is 0. The Hall–Kier alpha value is -3.05. The highest BCUT2D eigenvalue weighted by molar-refractivity contribution is 8.01. The van der Waals surface area contributed by atoms with Gasteiger partial charge in [-0.25, -0.2) is 9.50 Å². The van der Waals surface area contributed by atoms with Gasteiger partial charge >= 0.3 is 0 Å². The van der Waals surface area contributed by atoms with Gasteiger partial charge in [-0.2, -0.15) is 10.4 Å². The van der Waals surface area contributed by atoms with Crippen LogP contribution < -0.4 is 9.64 Å². The van der Waals surface area contributed by atoms with E-state index in [4.69, 9.17) is 14.1 Å². The predicted octanol–water partition coefficient (Wildman–Crippen LogP) is 3.27. The number of methoxy groups -OCH3 is 1. The molecule has 3 aromatic heterocycles. The molecule has 4 rings (SSSR count). The smallest absolute Gasteiger partial charge is 0.137 e.